The molecule has 7 heteroatoms. The maximum atomic E-state index is 8.52. The van der Waals surface area contributed by atoms with Crippen LogP contribution in [0.25, 0.3) is 0 Å². The Morgan fingerprint density at radius 3 is 0.800 bits per heavy atom. The zero-order valence-electron chi connectivity index (χ0n) is 29.1. The van der Waals surface area contributed by atoms with Crippen molar-refractivity contribution >= 4 is 10.4 Å². The number of rotatable bonds is 26. The number of hydrogen-bond acceptors (Lipinski definition) is 4. The minimum absolute atomic E-state index is 1.18. The van der Waals surface area contributed by atoms with Crippen LogP contribution in [-0.4, -0.2) is 17.5 Å². The van der Waals surface area contributed by atoms with E-state index in [1.807, 2.05) is 0 Å². The number of aryl methyl sites for hydroxylation is 2. The van der Waals surface area contributed by atoms with Gasteiger partial charge in [-0.05, 0) is 12.8 Å². The first-order chi connectivity index (χ1) is 21.9. The third-order valence-electron chi connectivity index (χ3n) is 8.09. The van der Waals surface area contributed by atoms with Gasteiger partial charge in [0.05, 0.1) is 0 Å². The lowest BCUT2D eigenvalue weighted by Gasteiger charge is -2.06. The van der Waals surface area contributed by atoms with Gasteiger partial charge in [0, 0.05) is 47.5 Å². The first kappa shape index (κ1) is 43.2. The molecule has 0 aliphatic heterocycles. The van der Waals surface area contributed by atoms with Crippen molar-refractivity contribution in [3.63, 3.8) is 0 Å². The zero-order chi connectivity index (χ0) is 33.1. The summed E-state index contributed by atoms with van der Waals surface area (Å²) in [5.41, 5.74) is 0. The van der Waals surface area contributed by atoms with E-state index in [1.165, 1.54) is 167 Å². The van der Waals surface area contributed by atoms with Gasteiger partial charge in [-0.1, -0.05) is 154 Å². The van der Waals surface area contributed by atoms with Crippen LogP contribution in [0.1, 0.15) is 168 Å². The van der Waals surface area contributed by atoms with E-state index >= 15 is 0 Å². The average Bonchev–Trinajstić information content (AvgIpc) is 3.03. The van der Waals surface area contributed by atoms with Crippen LogP contribution in [0, 0.1) is 0 Å². The summed E-state index contributed by atoms with van der Waals surface area (Å²) in [6.45, 7) is 6.93. The third-order valence-corrected chi connectivity index (χ3v) is 8.09. The maximum absolute atomic E-state index is 8.52. The van der Waals surface area contributed by atoms with Crippen molar-refractivity contribution in [2.45, 2.75) is 181 Å². The molecule has 2 aromatic heterocycles. The van der Waals surface area contributed by atoms with Gasteiger partial charge in [0.25, 0.3) is 0 Å². The van der Waals surface area contributed by atoms with E-state index in [2.05, 4.69) is 84.2 Å². The molecule has 0 aromatic carbocycles. The van der Waals surface area contributed by atoms with Crippen LogP contribution >= 0.6 is 0 Å². The minimum Gasteiger partial charge on any atom is -0.759 e. The van der Waals surface area contributed by atoms with Gasteiger partial charge in [0.15, 0.2) is 24.8 Å². The summed E-state index contributed by atoms with van der Waals surface area (Å²) in [4.78, 5) is 0. The second-order valence-corrected chi connectivity index (χ2v) is 13.2. The Balaban J connectivity index is 0.000000748. The van der Waals surface area contributed by atoms with Crippen molar-refractivity contribution in [3.05, 3.63) is 61.2 Å². The fourth-order valence-electron chi connectivity index (χ4n) is 5.44. The van der Waals surface area contributed by atoms with Gasteiger partial charge < -0.3 is 9.11 Å². The summed E-state index contributed by atoms with van der Waals surface area (Å²) in [5, 5.41) is 0. The van der Waals surface area contributed by atoms with E-state index in [4.69, 9.17) is 17.5 Å². The Morgan fingerprint density at radius 2 is 0.578 bits per heavy atom. The number of unbranched alkanes of at least 4 members (excludes halogenated alkanes) is 22. The van der Waals surface area contributed by atoms with Crippen LogP contribution in [-0.2, 0) is 23.5 Å². The lowest BCUT2D eigenvalue weighted by atomic mass is 10.1. The molecule has 0 radical (unpaired) electrons. The Morgan fingerprint density at radius 1 is 0.378 bits per heavy atom. The molecule has 0 bridgehead atoms. The molecule has 260 valence electrons. The molecule has 2 rings (SSSR count). The highest BCUT2D eigenvalue weighted by atomic mass is 32.3. The summed E-state index contributed by atoms with van der Waals surface area (Å²) in [5.74, 6) is 0. The highest BCUT2D eigenvalue weighted by molar-refractivity contribution is 7.79. The number of hydrogen-bond donors (Lipinski definition) is 0. The third kappa shape index (κ3) is 38.3. The van der Waals surface area contributed by atoms with Crippen molar-refractivity contribution in [2.24, 2.45) is 0 Å². The Labute approximate surface area is 278 Å². The molecular formula is C38H68N2O4S. The van der Waals surface area contributed by atoms with E-state index in [-0.39, 0.29) is 0 Å². The molecule has 0 saturated heterocycles. The quantitative estimate of drug-likeness (QED) is 0.0439. The first-order valence-corrected chi connectivity index (χ1v) is 19.7. The van der Waals surface area contributed by atoms with Gasteiger partial charge >= 0.3 is 0 Å². The van der Waals surface area contributed by atoms with Crippen LogP contribution in [0.3, 0.4) is 0 Å². The van der Waals surface area contributed by atoms with Crippen LogP contribution in [0.2, 0.25) is 0 Å². The molecule has 6 nitrogen and oxygen atoms in total. The topological polar surface area (TPSA) is 88.0 Å². The summed E-state index contributed by atoms with van der Waals surface area (Å²) >= 11 is 0. The fraction of sp³-hybridized carbons (Fsp3) is 0.737. The standard InChI is InChI=1S/2C19H34N.H2O4S/c2*1-2-3-4-5-6-7-8-9-10-11-12-14-17-20-18-15-13-16-19-20;1-5(2,3)4/h2*13,15-16,18-19H,2-12,14,17H2,1H3;(H2,1,2,3,4)/q2*+1;/p-2. The van der Waals surface area contributed by atoms with Gasteiger partial charge in [-0.15, -0.1) is 0 Å². The molecule has 0 aliphatic rings. The molecule has 0 saturated carbocycles. The maximum Gasteiger partial charge on any atom is 0.168 e. The Bertz CT molecular complexity index is 871. The minimum atomic E-state index is -5.17. The van der Waals surface area contributed by atoms with Crippen molar-refractivity contribution in [1.82, 2.24) is 0 Å². The molecular weight excluding hydrogens is 580 g/mol. The van der Waals surface area contributed by atoms with Crippen LogP contribution in [0.5, 0.6) is 0 Å². The van der Waals surface area contributed by atoms with Crippen molar-refractivity contribution in [2.75, 3.05) is 0 Å². The summed E-state index contributed by atoms with van der Waals surface area (Å²) in [7, 11) is -5.17. The fourth-order valence-corrected chi connectivity index (χ4v) is 5.44. The molecule has 45 heavy (non-hydrogen) atoms. The van der Waals surface area contributed by atoms with E-state index in [9.17, 15) is 0 Å². The molecule has 2 heterocycles. The van der Waals surface area contributed by atoms with Crippen molar-refractivity contribution in [3.8, 4) is 0 Å². The average molecular weight is 649 g/mol. The van der Waals surface area contributed by atoms with E-state index in [0.717, 1.165) is 0 Å². The monoisotopic (exact) mass is 648 g/mol. The molecule has 2 aromatic rings. The smallest absolute Gasteiger partial charge is 0.168 e. The predicted octanol–water partition coefficient (Wildman–Crippen LogP) is 10.0. The van der Waals surface area contributed by atoms with Crippen LogP contribution in [0.4, 0.5) is 0 Å². The van der Waals surface area contributed by atoms with E-state index < -0.39 is 10.4 Å². The Hall–Kier alpha value is -1.83. The predicted molar refractivity (Wildman–Crippen MR) is 186 cm³/mol. The number of pyridine rings is 2. The number of nitrogens with zero attached hydrogens (tertiary/aromatic N) is 2. The van der Waals surface area contributed by atoms with Crippen LogP contribution in [0.15, 0.2) is 61.2 Å². The second kappa shape index (κ2) is 33.5. The van der Waals surface area contributed by atoms with E-state index in [0.29, 0.717) is 0 Å². The van der Waals surface area contributed by atoms with E-state index in [1.54, 1.807) is 0 Å². The zero-order valence-corrected chi connectivity index (χ0v) is 29.9. The Kier molecular flexibility index (Phi) is 32.2. The first-order valence-electron chi connectivity index (χ1n) is 18.4. The molecule has 0 spiro atoms. The van der Waals surface area contributed by atoms with Crippen LogP contribution < -0.4 is 9.13 Å². The number of aromatic nitrogens is 2. The highest BCUT2D eigenvalue weighted by Gasteiger charge is 1.99. The molecule has 0 atom stereocenters. The van der Waals surface area contributed by atoms with Gasteiger partial charge in [0.1, 0.15) is 13.1 Å². The second-order valence-electron chi connectivity index (χ2n) is 12.4. The molecule has 0 aliphatic carbocycles. The highest BCUT2D eigenvalue weighted by Crippen LogP contribution is 2.13. The summed E-state index contributed by atoms with van der Waals surface area (Å²) in [6.07, 6.45) is 42.9. The van der Waals surface area contributed by atoms with Gasteiger partial charge in [-0.2, -0.15) is 0 Å². The molecule has 0 unspecified atom stereocenters. The normalized spacial score (nSPS) is 10.9. The molecule has 0 N–H and O–H groups in total. The lowest BCUT2D eigenvalue weighted by molar-refractivity contribution is -0.697. The molecule has 0 fully saturated rings. The van der Waals surface area contributed by atoms with Crippen molar-refractivity contribution in [1.29, 1.82) is 0 Å². The lowest BCUT2D eigenvalue weighted by Crippen LogP contribution is -2.32. The SMILES string of the molecule is CCCCCCCCCCCCCC[n+]1ccccc1.CCCCCCCCCCCCCC[n+]1ccccc1.O=S(=O)([O-])[O-]. The molecule has 0 amide bonds. The van der Waals surface area contributed by atoms with Gasteiger partial charge in [-0.3, -0.25) is 8.42 Å². The van der Waals surface area contributed by atoms with Gasteiger partial charge in [-0.25, -0.2) is 9.13 Å². The summed E-state index contributed by atoms with van der Waals surface area (Å²) < 4.78 is 38.7. The van der Waals surface area contributed by atoms with Crippen molar-refractivity contribution < 1.29 is 26.7 Å². The largest absolute Gasteiger partial charge is 0.759 e. The van der Waals surface area contributed by atoms with Gasteiger partial charge in [0.2, 0.25) is 0 Å². The summed E-state index contributed by atoms with van der Waals surface area (Å²) in [6, 6.07) is 12.6.